The number of nitrogens with zero attached hydrogens (tertiary/aromatic N) is 1. The number of ether oxygens (including phenoxy) is 2. The Morgan fingerprint density at radius 2 is 1.63 bits per heavy atom. The van der Waals surface area contributed by atoms with Crippen molar-refractivity contribution in [1.82, 2.24) is 10.2 Å². The van der Waals surface area contributed by atoms with Crippen LogP contribution in [0.25, 0.3) is 11.1 Å². The number of fused-ring (bicyclic) bond motifs is 3. The normalized spacial score (nSPS) is 19.1. The number of nitrogens with one attached hydrogen (secondary N) is 1. The fourth-order valence-electron chi connectivity index (χ4n) is 4.84. The average Bonchev–Trinajstić information content (AvgIpc) is 3.42. The molecule has 2 N–H and O–H groups in total. The molecule has 2 atom stereocenters. The molecule has 4 rings (SSSR count). The predicted octanol–water partition coefficient (Wildman–Crippen LogP) is 3.78. The van der Waals surface area contributed by atoms with Gasteiger partial charge in [-0.2, -0.15) is 0 Å². The number of carboxylic acid groups (broad SMARTS) is 1. The number of carbonyl (C=O) groups excluding carboxylic acids is 2. The zero-order chi connectivity index (χ0) is 25.2. The molecule has 2 amide bonds. The lowest BCUT2D eigenvalue weighted by Gasteiger charge is -2.36. The summed E-state index contributed by atoms with van der Waals surface area (Å²) in [7, 11) is 0. The molecule has 186 valence electrons. The first-order valence-corrected chi connectivity index (χ1v) is 11.9. The van der Waals surface area contributed by atoms with Crippen LogP contribution in [0.5, 0.6) is 0 Å². The average molecular weight is 481 g/mol. The zero-order valence-corrected chi connectivity index (χ0v) is 20.3. The Labute approximate surface area is 205 Å². The predicted molar refractivity (Wildman–Crippen MR) is 130 cm³/mol. The lowest BCUT2D eigenvalue weighted by molar-refractivity contribution is -0.155. The van der Waals surface area contributed by atoms with E-state index in [0.29, 0.717) is 12.8 Å². The van der Waals surface area contributed by atoms with Crippen molar-refractivity contribution in [1.29, 1.82) is 0 Å². The van der Waals surface area contributed by atoms with Crippen molar-refractivity contribution in [3.63, 3.8) is 0 Å². The number of aliphatic carboxylic acids is 1. The number of hydrogen-bond acceptors (Lipinski definition) is 5. The highest BCUT2D eigenvalue weighted by molar-refractivity contribution is 5.85. The first-order chi connectivity index (χ1) is 16.6. The Bertz CT molecular complexity index is 1060. The lowest BCUT2D eigenvalue weighted by Crippen LogP contribution is -2.52. The second-order valence-electron chi connectivity index (χ2n) is 10.0. The summed E-state index contributed by atoms with van der Waals surface area (Å²) >= 11 is 0. The molecule has 2 aromatic rings. The fourth-order valence-corrected chi connectivity index (χ4v) is 4.84. The van der Waals surface area contributed by atoms with Crippen molar-refractivity contribution >= 4 is 18.0 Å². The number of carboxylic acids is 1. The van der Waals surface area contributed by atoms with Crippen LogP contribution >= 0.6 is 0 Å². The first kappa shape index (κ1) is 24.7. The van der Waals surface area contributed by atoms with Gasteiger partial charge >= 0.3 is 12.1 Å². The van der Waals surface area contributed by atoms with Crippen LogP contribution < -0.4 is 5.32 Å². The zero-order valence-electron chi connectivity index (χ0n) is 20.3. The van der Waals surface area contributed by atoms with Gasteiger partial charge < -0.3 is 24.8 Å². The van der Waals surface area contributed by atoms with Crippen LogP contribution in [0.15, 0.2) is 48.5 Å². The topological polar surface area (TPSA) is 105 Å². The van der Waals surface area contributed by atoms with Crippen LogP contribution in [0.4, 0.5) is 4.79 Å². The Morgan fingerprint density at radius 1 is 1.03 bits per heavy atom. The van der Waals surface area contributed by atoms with E-state index in [0.717, 1.165) is 11.1 Å². The van der Waals surface area contributed by atoms with Crippen LogP contribution in [0, 0.1) is 0 Å². The molecule has 0 aromatic heterocycles. The Hall–Kier alpha value is -3.39. The summed E-state index contributed by atoms with van der Waals surface area (Å²) in [6, 6.07) is 16.3. The summed E-state index contributed by atoms with van der Waals surface area (Å²) in [5, 5.41) is 11.9. The van der Waals surface area contributed by atoms with Crippen molar-refractivity contribution < 1.29 is 29.0 Å². The quantitative estimate of drug-likeness (QED) is 0.625. The molecular formula is C27H32N2O6. The van der Waals surface area contributed by atoms with Gasteiger partial charge in [0.25, 0.3) is 5.91 Å². The molecule has 35 heavy (non-hydrogen) atoms. The third-order valence-electron chi connectivity index (χ3n) is 6.57. The van der Waals surface area contributed by atoms with E-state index >= 15 is 0 Å². The molecule has 0 radical (unpaired) electrons. The lowest BCUT2D eigenvalue weighted by atomic mass is 9.98. The summed E-state index contributed by atoms with van der Waals surface area (Å²) < 4.78 is 11.4. The van der Waals surface area contributed by atoms with Crippen LogP contribution in [0.2, 0.25) is 0 Å². The van der Waals surface area contributed by atoms with Crippen LogP contribution in [0.3, 0.4) is 0 Å². The van der Waals surface area contributed by atoms with Gasteiger partial charge in [-0.05, 0) is 55.9 Å². The van der Waals surface area contributed by atoms with Crippen molar-refractivity contribution in [2.75, 3.05) is 19.7 Å². The van der Waals surface area contributed by atoms with Crippen LogP contribution in [0.1, 0.15) is 50.7 Å². The first-order valence-electron chi connectivity index (χ1n) is 11.9. The number of alkyl carbamates (subject to hydrolysis) is 1. The van der Waals surface area contributed by atoms with Gasteiger partial charge in [-0.1, -0.05) is 48.5 Å². The van der Waals surface area contributed by atoms with E-state index in [1.54, 1.807) is 20.8 Å². The van der Waals surface area contributed by atoms with E-state index in [1.807, 2.05) is 24.3 Å². The van der Waals surface area contributed by atoms with Gasteiger partial charge in [0.1, 0.15) is 19.3 Å². The van der Waals surface area contributed by atoms with E-state index in [2.05, 4.69) is 29.6 Å². The largest absolute Gasteiger partial charge is 0.480 e. The van der Waals surface area contributed by atoms with Gasteiger partial charge in [0.2, 0.25) is 0 Å². The molecule has 2 aromatic carbocycles. The highest BCUT2D eigenvalue weighted by Crippen LogP contribution is 2.44. The fraction of sp³-hybridized carbons (Fsp3) is 0.444. The van der Waals surface area contributed by atoms with Gasteiger partial charge in [0.15, 0.2) is 0 Å². The van der Waals surface area contributed by atoms with E-state index in [-0.39, 0.29) is 37.6 Å². The minimum absolute atomic E-state index is 0.0181. The molecule has 8 nitrogen and oxygen atoms in total. The second-order valence-corrected chi connectivity index (χ2v) is 10.0. The van der Waals surface area contributed by atoms with Crippen molar-refractivity contribution in [2.24, 2.45) is 0 Å². The molecule has 0 spiro atoms. The molecule has 0 bridgehead atoms. The number of benzene rings is 2. The number of carbonyl (C=O) groups is 3. The van der Waals surface area contributed by atoms with Gasteiger partial charge in [0, 0.05) is 18.0 Å². The number of hydrogen-bond donors (Lipinski definition) is 2. The van der Waals surface area contributed by atoms with Crippen molar-refractivity contribution in [2.45, 2.75) is 57.3 Å². The molecule has 8 heteroatoms. The highest BCUT2D eigenvalue weighted by atomic mass is 16.6. The Kier molecular flexibility index (Phi) is 7.12. The molecule has 1 fully saturated rings. The Balaban J connectivity index is 1.28. The monoisotopic (exact) mass is 480 g/mol. The third-order valence-corrected chi connectivity index (χ3v) is 6.57. The van der Waals surface area contributed by atoms with Gasteiger partial charge in [-0.3, -0.25) is 9.59 Å². The third kappa shape index (κ3) is 5.48. The van der Waals surface area contributed by atoms with Gasteiger partial charge in [-0.15, -0.1) is 0 Å². The van der Waals surface area contributed by atoms with Gasteiger partial charge in [0.05, 0.1) is 6.10 Å². The molecule has 2 unspecified atom stereocenters. The van der Waals surface area contributed by atoms with Gasteiger partial charge in [-0.25, -0.2) is 4.79 Å². The maximum Gasteiger partial charge on any atom is 0.407 e. The standard InChI is InChI=1S/C27H32N2O6/c1-27(2,3)29(15-24(30)31)25(32)23-13-12-17(35-23)14-28-26(33)34-16-22-20-10-6-4-8-18(20)19-9-5-7-11-21(19)22/h4-11,17,22-23H,12-16H2,1-3H3,(H,28,33)(H,30,31). The molecule has 1 aliphatic heterocycles. The maximum absolute atomic E-state index is 12.9. The molecule has 1 aliphatic carbocycles. The molecule has 1 heterocycles. The van der Waals surface area contributed by atoms with Crippen molar-refractivity contribution in [3.8, 4) is 11.1 Å². The Morgan fingerprint density at radius 3 is 2.20 bits per heavy atom. The summed E-state index contributed by atoms with van der Waals surface area (Å²) in [6.45, 7) is 5.43. The highest BCUT2D eigenvalue weighted by Gasteiger charge is 2.38. The molecule has 2 aliphatic rings. The minimum Gasteiger partial charge on any atom is -0.480 e. The number of amides is 2. The molecule has 0 saturated carbocycles. The summed E-state index contributed by atoms with van der Waals surface area (Å²) in [5.74, 6) is -1.43. The molecule has 1 saturated heterocycles. The SMILES string of the molecule is CC(C)(C)N(CC(=O)O)C(=O)C1CCC(CNC(=O)OCC2c3ccccc3-c3ccccc32)O1. The van der Waals surface area contributed by atoms with Crippen LogP contribution in [-0.4, -0.2) is 65.4 Å². The number of rotatable bonds is 7. The van der Waals surface area contributed by atoms with E-state index in [4.69, 9.17) is 9.47 Å². The summed E-state index contributed by atoms with van der Waals surface area (Å²) in [5.41, 5.74) is 3.98. The van der Waals surface area contributed by atoms with Crippen LogP contribution in [-0.2, 0) is 19.1 Å². The summed E-state index contributed by atoms with van der Waals surface area (Å²) in [4.78, 5) is 37.9. The van der Waals surface area contributed by atoms with E-state index < -0.39 is 23.7 Å². The van der Waals surface area contributed by atoms with E-state index in [1.165, 1.54) is 16.0 Å². The minimum atomic E-state index is -1.07. The molecular weight excluding hydrogens is 448 g/mol. The summed E-state index contributed by atoms with van der Waals surface area (Å²) in [6.07, 6.45) is -0.529. The van der Waals surface area contributed by atoms with E-state index in [9.17, 15) is 19.5 Å². The second kappa shape index (κ2) is 10.1. The smallest absolute Gasteiger partial charge is 0.407 e. The van der Waals surface area contributed by atoms with Crippen molar-refractivity contribution in [3.05, 3.63) is 59.7 Å². The maximum atomic E-state index is 12.9.